The third-order valence-electron chi connectivity index (χ3n) is 4.10. The molecule has 124 valence electrons. The number of hydrogen-bond donors (Lipinski definition) is 2. The van der Waals surface area contributed by atoms with Gasteiger partial charge in [-0.25, -0.2) is 0 Å². The number of aromatic nitrogens is 1. The molecule has 0 radical (unpaired) electrons. The number of H-pyrrole nitrogens is 1. The molecule has 1 aromatic heterocycles. The topological polar surface area (TPSA) is 44.9 Å². The van der Waals surface area contributed by atoms with Crippen LogP contribution in [0.5, 0.6) is 0 Å². The zero-order valence-corrected chi connectivity index (χ0v) is 14.8. The second-order valence-electron chi connectivity index (χ2n) is 5.79. The van der Waals surface area contributed by atoms with Crippen LogP contribution in [0.4, 0.5) is 0 Å². The Hall–Kier alpha value is -1.97. The molecular formula is C19H18Cl2N2O. The van der Waals surface area contributed by atoms with Gasteiger partial charge in [-0.05, 0) is 42.7 Å². The van der Waals surface area contributed by atoms with Gasteiger partial charge in [-0.2, -0.15) is 0 Å². The van der Waals surface area contributed by atoms with E-state index in [1.165, 1.54) is 0 Å². The number of hydrogen-bond acceptors (Lipinski definition) is 1. The molecule has 3 rings (SSSR count). The van der Waals surface area contributed by atoms with E-state index in [1.54, 1.807) is 12.1 Å². The molecule has 1 heterocycles. The summed E-state index contributed by atoms with van der Waals surface area (Å²) in [5, 5.41) is 5.30. The van der Waals surface area contributed by atoms with Crippen LogP contribution in [-0.2, 0) is 17.6 Å². The van der Waals surface area contributed by atoms with Gasteiger partial charge in [0, 0.05) is 33.2 Å². The molecule has 0 aliphatic carbocycles. The van der Waals surface area contributed by atoms with Crippen LogP contribution in [0.25, 0.3) is 10.9 Å². The third kappa shape index (κ3) is 3.74. The smallest absolute Gasteiger partial charge is 0.224 e. The van der Waals surface area contributed by atoms with Crippen molar-refractivity contribution in [3.05, 3.63) is 69.3 Å². The Bertz CT molecular complexity index is 886. The van der Waals surface area contributed by atoms with Crippen molar-refractivity contribution in [3.8, 4) is 0 Å². The van der Waals surface area contributed by atoms with E-state index < -0.39 is 0 Å². The molecule has 3 aromatic rings. The maximum absolute atomic E-state index is 12.3. The zero-order chi connectivity index (χ0) is 17.1. The van der Waals surface area contributed by atoms with Crippen LogP contribution in [0.15, 0.2) is 42.5 Å². The second kappa shape index (κ2) is 7.29. The summed E-state index contributed by atoms with van der Waals surface area (Å²) >= 11 is 12.0. The maximum atomic E-state index is 12.3. The first kappa shape index (κ1) is 16.9. The van der Waals surface area contributed by atoms with Crippen molar-refractivity contribution in [2.45, 2.75) is 19.8 Å². The van der Waals surface area contributed by atoms with E-state index in [4.69, 9.17) is 23.2 Å². The number of nitrogens with one attached hydrogen (secondary N) is 2. The lowest BCUT2D eigenvalue weighted by Gasteiger charge is -2.07. The van der Waals surface area contributed by atoms with E-state index in [1.807, 2.05) is 37.3 Å². The first-order chi connectivity index (χ1) is 11.5. The number of aromatic amines is 1. The molecule has 2 aromatic carbocycles. The highest BCUT2D eigenvalue weighted by Gasteiger charge is 2.12. The number of fused-ring (bicyclic) bond motifs is 1. The minimum Gasteiger partial charge on any atom is -0.358 e. The van der Waals surface area contributed by atoms with Gasteiger partial charge in [-0.1, -0.05) is 47.5 Å². The maximum Gasteiger partial charge on any atom is 0.224 e. The average Bonchev–Trinajstić information content (AvgIpc) is 2.85. The van der Waals surface area contributed by atoms with E-state index in [2.05, 4.69) is 10.3 Å². The Morgan fingerprint density at radius 3 is 2.75 bits per heavy atom. The number of aryl methyl sites for hydroxylation is 1. The van der Waals surface area contributed by atoms with Gasteiger partial charge in [0.2, 0.25) is 5.91 Å². The molecular weight excluding hydrogens is 343 g/mol. The minimum atomic E-state index is 0.00735. The highest BCUT2D eigenvalue weighted by molar-refractivity contribution is 6.35. The molecule has 0 bridgehead atoms. The summed E-state index contributed by atoms with van der Waals surface area (Å²) in [4.78, 5) is 15.6. The number of carbonyl (C=O) groups is 1. The van der Waals surface area contributed by atoms with E-state index in [0.29, 0.717) is 29.4 Å². The Morgan fingerprint density at radius 2 is 1.96 bits per heavy atom. The molecule has 0 aliphatic rings. The van der Waals surface area contributed by atoms with Crippen LogP contribution in [-0.4, -0.2) is 17.4 Å². The number of benzene rings is 2. The Morgan fingerprint density at radius 1 is 1.17 bits per heavy atom. The van der Waals surface area contributed by atoms with E-state index in [9.17, 15) is 4.79 Å². The zero-order valence-electron chi connectivity index (χ0n) is 13.3. The summed E-state index contributed by atoms with van der Waals surface area (Å²) in [6, 6.07) is 13.4. The number of halogens is 2. The van der Waals surface area contributed by atoms with Crippen molar-refractivity contribution < 1.29 is 4.79 Å². The number of para-hydroxylation sites is 1. The van der Waals surface area contributed by atoms with E-state index in [0.717, 1.165) is 27.7 Å². The highest BCUT2D eigenvalue weighted by atomic mass is 35.5. The molecule has 1 amide bonds. The summed E-state index contributed by atoms with van der Waals surface area (Å²) in [5.74, 6) is 0.00735. The molecule has 2 N–H and O–H groups in total. The monoisotopic (exact) mass is 360 g/mol. The average molecular weight is 361 g/mol. The number of carbonyl (C=O) groups excluding carboxylic acids is 1. The summed E-state index contributed by atoms with van der Waals surface area (Å²) in [6.45, 7) is 2.54. The summed E-state index contributed by atoms with van der Waals surface area (Å²) in [6.07, 6.45) is 1.04. The fraction of sp³-hybridized carbons (Fsp3) is 0.211. The lowest BCUT2D eigenvalue weighted by atomic mass is 10.1. The first-order valence-corrected chi connectivity index (χ1v) is 8.57. The lowest BCUT2D eigenvalue weighted by Crippen LogP contribution is -2.27. The molecule has 0 atom stereocenters. The van der Waals surface area contributed by atoms with Crippen molar-refractivity contribution in [3.63, 3.8) is 0 Å². The van der Waals surface area contributed by atoms with Crippen molar-refractivity contribution in [2.24, 2.45) is 0 Å². The molecule has 5 heteroatoms. The summed E-state index contributed by atoms with van der Waals surface area (Å²) in [7, 11) is 0. The van der Waals surface area contributed by atoms with Gasteiger partial charge in [0.15, 0.2) is 0 Å². The Balaban J connectivity index is 1.60. The fourth-order valence-electron chi connectivity index (χ4n) is 2.85. The van der Waals surface area contributed by atoms with Crippen LogP contribution in [0.1, 0.15) is 16.8 Å². The predicted molar refractivity (Wildman–Crippen MR) is 99.9 cm³/mol. The second-order valence-corrected chi connectivity index (χ2v) is 6.63. The quantitative estimate of drug-likeness (QED) is 0.681. The van der Waals surface area contributed by atoms with E-state index >= 15 is 0 Å². The van der Waals surface area contributed by atoms with Crippen LogP contribution in [0.3, 0.4) is 0 Å². The van der Waals surface area contributed by atoms with Crippen LogP contribution < -0.4 is 5.32 Å². The number of amides is 1. The molecule has 24 heavy (non-hydrogen) atoms. The Labute approximate surface area is 151 Å². The fourth-order valence-corrected chi connectivity index (χ4v) is 3.35. The minimum absolute atomic E-state index is 0.00735. The standard InChI is InChI=1S/C19H18Cl2N2O/c1-12-16(15-4-2-3-5-18(15)23-12)11-19(24)22-9-8-13-6-7-14(20)10-17(13)21/h2-7,10,23H,8-9,11H2,1H3,(H,22,24). The molecule has 3 nitrogen and oxygen atoms in total. The molecule has 0 aliphatic heterocycles. The van der Waals surface area contributed by atoms with Gasteiger partial charge in [0.25, 0.3) is 0 Å². The Kier molecular flexibility index (Phi) is 5.12. The lowest BCUT2D eigenvalue weighted by molar-refractivity contribution is -0.120. The van der Waals surface area contributed by atoms with Crippen LogP contribution in [0, 0.1) is 6.92 Å². The van der Waals surface area contributed by atoms with Crippen molar-refractivity contribution in [1.82, 2.24) is 10.3 Å². The molecule has 0 spiro atoms. The number of rotatable bonds is 5. The van der Waals surface area contributed by atoms with Crippen molar-refractivity contribution in [1.29, 1.82) is 0 Å². The molecule has 0 saturated carbocycles. The van der Waals surface area contributed by atoms with E-state index in [-0.39, 0.29) is 5.91 Å². The normalized spacial score (nSPS) is 11.0. The molecule has 0 unspecified atom stereocenters. The summed E-state index contributed by atoms with van der Waals surface area (Å²) < 4.78 is 0. The SMILES string of the molecule is Cc1[nH]c2ccccc2c1CC(=O)NCCc1ccc(Cl)cc1Cl. The third-order valence-corrected chi connectivity index (χ3v) is 4.68. The van der Waals surface area contributed by atoms with Crippen molar-refractivity contribution in [2.75, 3.05) is 6.54 Å². The largest absolute Gasteiger partial charge is 0.358 e. The van der Waals surface area contributed by atoms with Gasteiger partial charge in [0.05, 0.1) is 6.42 Å². The predicted octanol–water partition coefficient (Wildman–Crippen LogP) is 4.68. The first-order valence-electron chi connectivity index (χ1n) is 7.81. The van der Waals surface area contributed by atoms with Gasteiger partial charge in [0.1, 0.15) is 0 Å². The van der Waals surface area contributed by atoms with Gasteiger partial charge in [-0.15, -0.1) is 0 Å². The van der Waals surface area contributed by atoms with Gasteiger partial charge >= 0.3 is 0 Å². The molecule has 0 saturated heterocycles. The molecule has 0 fully saturated rings. The van der Waals surface area contributed by atoms with Crippen molar-refractivity contribution >= 4 is 40.0 Å². The van der Waals surface area contributed by atoms with Gasteiger partial charge in [-0.3, -0.25) is 4.79 Å². The van der Waals surface area contributed by atoms with Gasteiger partial charge < -0.3 is 10.3 Å². The summed E-state index contributed by atoms with van der Waals surface area (Å²) in [5.41, 5.74) is 4.12. The highest BCUT2D eigenvalue weighted by Crippen LogP contribution is 2.23. The van der Waals surface area contributed by atoms with Crippen LogP contribution >= 0.6 is 23.2 Å². The van der Waals surface area contributed by atoms with Crippen LogP contribution in [0.2, 0.25) is 10.0 Å².